The molecule has 0 N–H and O–H groups in total. The van der Waals surface area contributed by atoms with E-state index >= 15 is 0 Å². The average Bonchev–Trinajstić information content (AvgIpc) is 3.35. The summed E-state index contributed by atoms with van der Waals surface area (Å²) < 4.78 is 22.2. The first-order chi connectivity index (χ1) is 16.6. The van der Waals surface area contributed by atoms with Crippen molar-refractivity contribution in [1.82, 2.24) is 15.1 Å². The summed E-state index contributed by atoms with van der Waals surface area (Å²) in [6, 6.07) is 22.3. The van der Waals surface area contributed by atoms with Crippen LogP contribution in [0.1, 0.15) is 21.8 Å². The fourth-order valence-corrected chi connectivity index (χ4v) is 3.36. The molecular weight excluding hydrogens is 434 g/mol. The van der Waals surface area contributed by atoms with Crippen molar-refractivity contribution in [1.29, 1.82) is 0 Å². The first-order valence-electron chi connectivity index (χ1n) is 10.6. The number of benzene rings is 3. The van der Waals surface area contributed by atoms with Crippen molar-refractivity contribution >= 4 is 5.91 Å². The summed E-state index contributed by atoms with van der Waals surface area (Å²) in [6.07, 6.45) is 0. The molecule has 0 spiro atoms. The van der Waals surface area contributed by atoms with E-state index in [0.717, 1.165) is 5.56 Å². The van der Waals surface area contributed by atoms with Crippen LogP contribution >= 0.6 is 0 Å². The number of amides is 1. The Kier molecular flexibility index (Phi) is 7.07. The molecule has 8 nitrogen and oxygen atoms in total. The Morgan fingerprint density at radius 3 is 2.47 bits per heavy atom. The largest absolute Gasteiger partial charge is 0.493 e. The SMILES string of the molecule is COc1ccc(-c2nnc(CN(C)C(=O)c3cccc(OCc4ccccc4)c3)o2)cc1OC. The van der Waals surface area contributed by atoms with Crippen LogP contribution in [0.2, 0.25) is 0 Å². The number of methoxy groups -OCH3 is 2. The lowest BCUT2D eigenvalue weighted by molar-refractivity contribution is 0.0772. The van der Waals surface area contributed by atoms with E-state index < -0.39 is 0 Å². The number of hydrogen-bond acceptors (Lipinski definition) is 7. The quantitative estimate of drug-likeness (QED) is 0.361. The summed E-state index contributed by atoms with van der Waals surface area (Å²) in [5.41, 5.74) is 2.25. The van der Waals surface area contributed by atoms with Crippen LogP contribution < -0.4 is 14.2 Å². The molecular formula is C26H25N3O5. The summed E-state index contributed by atoms with van der Waals surface area (Å²) in [6.45, 7) is 0.587. The van der Waals surface area contributed by atoms with E-state index in [2.05, 4.69) is 10.2 Å². The van der Waals surface area contributed by atoms with Crippen molar-refractivity contribution in [2.45, 2.75) is 13.2 Å². The molecule has 4 rings (SSSR count). The highest BCUT2D eigenvalue weighted by atomic mass is 16.5. The van der Waals surface area contributed by atoms with E-state index in [4.69, 9.17) is 18.6 Å². The Balaban J connectivity index is 1.41. The maximum Gasteiger partial charge on any atom is 0.254 e. The van der Waals surface area contributed by atoms with Crippen LogP contribution in [0.25, 0.3) is 11.5 Å². The predicted molar refractivity (Wildman–Crippen MR) is 126 cm³/mol. The zero-order valence-electron chi connectivity index (χ0n) is 19.2. The van der Waals surface area contributed by atoms with Crippen LogP contribution in [0.4, 0.5) is 0 Å². The van der Waals surface area contributed by atoms with Gasteiger partial charge in [0.05, 0.1) is 20.8 Å². The lowest BCUT2D eigenvalue weighted by Crippen LogP contribution is -2.26. The number of hydrogen-bond donors (Lipinski definition) is 0. The first kappa shape index (κ1) is 22.8. The zero-order chi connectivity index (χ0) is 23.9. The predicted octanol–water partition coefficient (Wildman–Crippen LogP) is 4.61. The number of nitrogens with zero attached hydrogens (tertiary/aromatic N) is 3. The summed E-state index contributed by atoms with van der Waals surface area (Å²) >= 11 is 0. The Bertz CT molecular complexity index is 1260. The molecule has 34 heavy (non-hydrogen) atoms. The van der Waals surface area contributed by atoms with E-state index in [0.29, 0.717) is 46.8 Å². The minimum atomic E-state index is -0.184. The van der Waals surface area contributed by atoms with Gasteiger partial charge in [-0.3, -0.25) is 4.79 Å². The topological polar surface area (TPSA) is 86.9 Å². The van der Waals surface area contributed by atoms with E-state index in [-0.39, 0.29) is 12.5 Å². The molecule has 8 heteroatoms. The summed E-state index contributed by atoms with van der Waals surface area (Å²) in [7, 11) is 4.81. The van der Waals surface area contributed by atoms with Gasteiger partial charge in [0, 0.05) is 18.2 Å². The molecule has 174 valence electrons. The molecule has 4 aromatic rings. The monoisotopic (exact) mass is 459 g/mol. The number of carbonyl (C=O) groups excluding carboxylic acids is 1. The second kappa shape index (κ2) is 10.5. The molecule has 0 saturated carbocycles. The van der Waals surface area contributed by atoms with E-state index in [1.807, 2.05) is 36.4 Å². The van der Waals surface area contributed by atoms with Gasteiger partial charge < -0.3 is 23.5 Å². The van der Waals surface area contributed by atoms with Crippen molar-refractivity contribution in [2.75, 3.05) is 21.3 Å². The van der Waals surface area contributed by atoms with Gasteiger partial charge in [-0.25, -0.2) is 0 Å². The van der Waals surface area contributed by atoms with Crippen molar-refractivity contribution < 1.29 is 23.4 Å². The maximum atomic E-state index is 13.0. The number of aromatic nitrogens is 2. The molecule has 1 heterocycles. The molecule has 0 saturated heterocycles. The Hall–Kier alpha value is -4.33. The van der Waals surface area contributed by atoms with E-state index in [1.165, 1.54) is 4.90 Å². The molecule has 1 aromatic heterocycles. The normalized spacial score (nSPS) is 10.6. The molecule has 0 fully saturated rings. The maximum absolute atomic E-state index is 13.0. The van der Waals surface area contributed by atoms with Crippen LogP contribution in [0.15, 0.2) is 77.2 Å². The van der Waals surface area contributed by atoms with E-state index in [9.17, 15) is 4.79 Å². The number of carbonyl (C=O) groups is 1. The van der Waals surface area contributed by atoms with Crippen LogP contribution in [0.3, 0.4) is 0 Å². The summed E-state index contributed by atoms with van der Waals surface area (Å²) in [5.74, 6) is 2.24. The highest BCUT2D eigenvalue weighted by Crippen LogP contribution is 2.31. The minimum absolute atomic E-state index is 0.161. The van der Waals surface area contributed by atoms with Crippen molar-refractivity contribution in [3.63, 3.8) is 0 Å². The second-order valence-electron chi connectivity index (χ2n) is 7.53. The average molecular weight is 460 g/mol. The Morgan fingerprint density at radius 1 is 0.912 bits per heavy atom. The summed E-state index contributed by atoms with van der Waals surface area (Å²) in [5, 5.41) is 8.18. The third-order valence-corrected chi connectivity index (χ3v) is 5.15. The van der Waals surface area contributed by atoms with Gasteiger partial charge in [0.2, 0.25) is 11.8 Å². The first-order valence-corrected chi connectivity index (χ1v) is 10.6. The molecule has 0 aliphatic heterocycles. The van der Waals surface area contributed by atoms with Gasteiger partial charge >= 0.3 is 0 Å². The second-order valence-corrected chi connectivity index (χ2v) is 7.53. The van der Waals surface area contributed by atoms with Gasteiger partial charge in [0.25, 0.3) is 5.91 Å². The molecule has 0 atom stereocenters. The van der Waals surface area contributed by atoms with E-state index in [1.54, 1.807) is 57.7 Å². The molecule has 0 radical (unpaired) electrons. The van der Waals surface area contributed by atoms with Crippen molar-refractivity contribution in [3.8, 4) is 28.7 Å². The lowest BCUT2D eigenvalue weighted by atomic mass is 10.2. The smallest absolute Gasteiger partial charge is 0.254 e. The third-order valence-electron chi connectivity index (χ3n) is 5.15. The molecule has 0 aliphatic carbocycles. The lowest BCUT2D eigenvalue weighted by Gasteiger charge is -2.15. The minimum Gasteiger partial charge on any atom is -0.493 e. The number of ether oxygens (including phenoxy) is 3. The van der Waals surface area contributed by atoms with Crippen LogP contribution in [-0.4, -0.2) is 42.3 Å². The number of rotatable bonds is 9. The Morgan fingerprint density at radius 2 is 1.71 bits per heavy atom. The summed E-state index contributed by atoms with van der Waals surface area (Å²) in [4.78, 5) is 14.5. The van der Waals surface area contributed by atoms with Crippen LogP contribution in [0, 0.1) is 0 Å². The van der Waals surface area contributed by atoms with Gasteiger partial charge in [0.1, 0.15) is 12.4 Å². The molecule has 0 aliphatic rings. The molecule has 0 bridgehead atoms. The molecule has 3 aromatic carbocycles. The van der Waals surface area contributed by atoms with Gasteiger partial charge in [-0.1, -0.05) is 36.4 Å². The van der Waals surface area contributed by atoms with Crippen molar-refractivity contribution in [2.24, 2.45) is 0 Å². The van der Waals surface area contributed by atoms with Gasteiger partial charge in [-0.2, -0.15) is 0 Å². The molecule has 1 amide bonds. The van der Waals surface area contributed by atoms with Crippen molar-refractivity contribution in [3.05, 3.63) is 89.8 Å². The van der Waals surface area contributed by atoms with Gasteiger partial charge in [-0.05, 0) is 42.0 Å². The fourth-order valence-electron chi connectivity index (χ4n) is 3.36. The fraction of sp³-hybridized carbons (Fsp3) is 0.192. The van der Waals surface area contributed by atoms with Crippen LogP contribution in [-0.2, 0) is 13.2 Å². The standard InChI is InChI=1S/C26H25N3O5/c1-29(16-24-27-28-25(34-24)19-12-13-22(31-2)23(15-19)32-3)26(30)20-10-7-11-21(14-20)33-17-18-8-5-4-6-9-18/h4-15H,16-17H2,1-3H3. The highest BCUT2D eigenvalue weighted by Gasteiger charge is 2.17. The van der Waals surface area contributed by atoms with Crippen LogP contribution in [0.5, 0.6) is 17.2 Å². The van der Waals surface area contributed by atoms with Gasteiger partial charge in [-0.15, -0.1) is 10.2 Å². The highest BCUT2D eigenvalue weighted by molar-refractivity contribution is 5.94. The third kappa shape index (κ3) is 5.35. The van der Waals surface area contributed by atoms with Gasteiger partial charge in [0.15, 0.2) is 11.5 Å². The Labute approximate surface area is 197 Å². The zero-order valence-corrected chi connectivity index (χ0v) is 19.2. The molecule has 0 unspecified atom stereocenters.